The summed E-state index contributed by atoms with van der Waals surface area (Å²) in [6.07, 6.45) is 25.3. The highest BCUT2D eigenvalue weighted by molar-refractivity contribution is 5.69. The van der Waals surface area contributed by atoms with Gasteiger partial charge in [0.05, 0.1) is 13.2 Å². The van der Waals surface area contributed by atoms with Gasteiger partial charge in [0.2, 0.25) is 0 Å². The molecule has 0 bridgehead atoms. The summed E-state index contributed by atoms with van der Waals surface area (Å²) >= 11 is 0. The number of carbonyl (C=O) groups excluding carboxylic acids is 2. The second-order valence-corrected chi connectivity index (χ2v) is 15.5. The van der Waals surface area contributed by atoms with Crippen molar-refractivity contribution in [2.45, 2.75) is 189 Å². The quantitative estimate of drug-likeness (QED) is 0.0535. The van der Waals surface area contributed by atoms with E-state index in [0.29, 0.717) is 37.9 Å². The summed E-state index contributed by atoms with van der Waals surface area (Å²) in [6.45, 7) is 18.2. The number of nitrogens with zero attached hydrogens (tertiary/aromatic N) is 1. The van der Waals surface area contributed by atoms with E-state index >= 15 is 0 Å². The first kappa shape index (κ1) is 45.9. The molecule has 0 saturated heterocycles. The largest absolute Gasteiger partial charge is 0.466 e. The van der Waals surface area contributed by atoms with Gasteiger partial charge in [-0.1, -0.05) is 131 Å². The predicted molar refractivity (Wildman–Crippen MR) is 200 cm³/mol. The Labute approximate surface area is 292 Å². The van der Waals surface area contributed by atoms with E-state index in [1.54, 1.807) is 0 Å². The molecule has 0 spiro atoms. The van der Waals surface area contributed by atoms with Crippen LogP contribution in [0.25, 0.3) is 0 Å². The van der Waals surface area contributed by atoms with Crippen LogP contribution in [0.2, 0.25) is 0 Å². The normalized spacial score (nSPS) is 13.1. The second kappa shape index (κ2) is 33.4. The predicted octanol–water partition coefficient (Wildman–Crippen LogP) is 10.9. The molecule has 2 unspecified atom stereocenters. The van der Waals surface area contributed by atoms with Crippen LogP contribution < -0.4 is 0 Å². The van der Waals surface area contributed by atoms with Gasteiger partial charge in [-0.05, 0) is 81.7 Å². The van der Waals surface area contributed by atoms with E-state index in [1.807, 2.05) is 0 Å². The van der Waals surface area contributed by atoms with Crippen molar-refractivity contribution in [3.05, 3.63) is 0 Å². The van der Waals surface area contributed by atoms with E-state index in [4.69, 9.17) is 9.47 Å². The molecule has 0 aliphatic rings. The third-order valence-electron chi connectivity index (χ3n) is 9.55. The van der Waals surface area contributed by atoms with Crippen molar-refractivity contribution in [1.82, 2.24) is 4.90 Å². The second-order valence-electron chi connectivity index (χ2n) is 15.5. The van der Waals surface area contributed by atoms with Crippen molar-refractivity contribution in [1.29, 1.82) is 0 Å². The fourth-order valence-corrected chi connectivity index (χ4v) is 6.18. The molecule has 2 atom stereocenters. The van der Waals surface area contributed by atoms with Gasteiger partial charge in [0.15, 0.2) is 0 Å². The van der Waals surface area contributed by atoms with Crippen molar-refractivity contribution in [2.24, 2.45) is 23.7 Å². The van der Waals surface area contributed by atoms with Crippen molar-refractivity contribution < 1.29 is 24.2 Å². The SMILES string of the molecule is CC(C)CCCC(C)CCOC(=O)CCCCCCCCN(CCCO)CCCCCCCCC(=O)OCCC(C)CCCC(C)C. The summed E-state index contributed by atoms with van der Waals surface area (Å²) in [6, 6.07) is 0. The smallest absolute Gasteiger partial charge is 0.305 e. The topological polar surface area (TPSA) is 76.1 Å². The molecule has 47 heavy (non-hydrogen) atoms. The van der Waals surface area contributed by atoms with E-state index in [-0.39, 0.29) is 18.5 Å². The van der Waals surface area contributed by atoms with Crippen LogP contribution in [-0.2, 0) is 19.1 Å². The molecule has 0 amide bonds. The third kappa shape index (κ3) is 34.5. The van der Waals surface area contributed by atoms with Crippen LogP contribution in [0.4, 0.5) is 0 Å². The average Bonchev–Trinajstić information content (AvgIpc) is 3.01. The van der Waals surface area contributed by atoms with Crippen molar-refractivity contribution in [3.8, 4) is 0 Å². The Balaban J connectivity index is 3.72. The van der Waals surface area contributed by atoms with Gasteiger partial charge >= 0.3 is 11.9 Å². The Hall–Kier alpha value is -1.14. The Kier molecular flexibility index (Phi) is 32.6. The summed E-state index contributed by atoms with van der Waals surface area (Å²) in [5.74, 6) is 2.76. The maximum Gasteiger partial charge on any atom is 0.305 e. The Morgan fingerprint density at radius 3 is 1.21 bits per heavy atom. The molecule has 0 saturated carbocycles. The third-order valence-corrected chi connectivity index (χ3v) is 9.55. The summed E-state index contributed by atoms with van der Waals surface area (Å²) < 4.78 is 10.9. The molecule has 0 aromatic heterocycles. The number of ether oxygens (including phenoxy) is 2. The van der Waals surface area contributed by atoms with Crippen LogP contribution in [0.5, 0.6) is 0 Å². The molecule has 0 heterocycles. The Morgan fingerprint density at radius 1 is 0.468 bits per heavy atom. The van der Waals surface area contributed by atoms with Gasteiger partial charge in [-0.2, -0.15) is 0 Å². The fourth-order valence-electron chi connectivity index (χ4n) is 6.18. The first-order valence-electron chi connectivity index (χ1n) is 20.3. The molecule has 1 N–H and O–H groups in total. The molecule has 0 aliphatic heterocycles. The average molecular weight is 668 g/mol. The summed E-state index contributed by atoms with van der Waals surface area (Å²) in [7, 11) is 0. The summed E-state index contributed by atoms with van der Waals surface area (Å²) in [5.41, 5.74) is 0. The minimum Gasteiger partial charge on any atom is -0.466 e. The number of aliphatic hydroxyl groups is 1. The number of unbranched alkanes of at least 4 members (excludes halogenated alkanes) is 10. The van der Waals surface area contributed by atoms with Crippen molar-refractivity contribution in [3.63, 3.8) is 0 Å². The van der Waals surface area contributed by atoms with Gasteiger partial charge < -0.3 is 19.5 Å². The molecule has 0 fully saturated rings. The highest BCUT2D eigenvalue weighted by Gasteiger charge is 2.09. The highest BCUT2D eigenvalue weighted by Crippen LogP contribution is 2.17. The molecule has 0 aromatic rings. The van der Waals surface area contributed by atoms with Gasteiger partial charge in [0.25, 0.3) is 0 Å². The summed E-state index contributed by atoms with van der Waals surface area (Å²) in [5, 5.41) is 9.32. The van der Waals surface area contributed by atoms with Crippen molar-refractivity contribution in [2.75, 3.05) is 39.5 Å². The van der Waals surface area contributed by atoms with Crippen LogP contribution in [0.3, 0.4) is 0 Å². The van der Waals surface area contributed by atoms with E-state index in [9.17, 15) is 14.7 Å². The van der Waals surface area contributed by atoms with Gasteiger partial charge in [0, 0.05) is 26.0 Å². The number of hydrogen-bond acceptors (Lipinski definition) is 6. The van der Waals surface area contributed by atoms with E-state index in [0.717, 1.165) is 76.4 Å². The zero-order valence-electron chi connectivity index (χ0n) is 32.3. The van der Waals surface area contributed by atoms with Gasteiger partial charge in [0.1, 0.15) is 0 Å². The number of carbonyl (C=O) groups is 2. The first-order chi connectivity index (χ1) is 22.6. The summed E-state index contributed by atoms with van der Waals surface area (Å²) in [4.78, 5) is 26.6. The lowest BCUT2D eigenvalue weighted by Crippen LogP contribution is -2.27. The molecule has 0 radical (unpaired) electrons. The lowest BCUT2D eigenvalue weighted by molar-refractivity contribution is -0.145. The van der Waals surface area contributed by atoms with Crippen LogP contribution >= 0.6 is 0 Å². The van der Waals surface area contributed by atoms with E-state index in [1.165, 1.54) is 89.9 Å². The molecule has 6 heteroatoms. The molecule has 0 rings (SSSR count). The molecular formula is C41H81NO5. The zero-order chi connectivity index (χ0) is 35.0. The highest BCUT2D eigenvalue weighted by atomic mass is 16.5. The van der Waals surface area contributed by atoms with Crippen molar-refractivity contribution >= 4 is 11.9 Å². The molecule has 280 valence electrons. The lowest BCUT2D eigenvalue weighted by atomic mass is 9.98. The minimum atomic E-state index is -0.0257. The zero-order valence-corrected chi connectivity index (χ0v) is 32.3. The number of esters is 2. The molecule has 0 aliphatic carbocycles. The first-order valence-corrected chi connectivity index (χ1v) is 20.3. The Bertz CT molecular complexity index is 643. The van der Waals surface area contributed by atoms with Crippen LogP contribution in [0.1, 0.15) is 189 Å². The van der Waals surface area contributed by atoms with Gasteiger partial charge in [-0.15, -0.1) is 0 Å². The maximum absolute atomic E-state index is 12.0. The monoisotopic (exact) mass is 668 g/mol. The maximum atomic E-state index is 12.0. The minimum absolute atomic E-state index is 0.0257. The molecule has 6 nitrogen and oxygen atoms in total. The number of aliphatic hydroxyl groups excluding tert-OH is 1. The lowest BCUT2D eigenvalue weighted by Gasteiger charge is -2.22. The van der Waals surface area contributed by atoms with E-state index in [2.05, 4.69) is 46.4 Å². The standard InChI is InChI=1S/C41H81NO5/c1-36(2)22-19-24-38(5)28-34-46-40(44)26-15-11-7-9-13-17-30-42(32-21-33-43)31-18-14-10-8-12-16-27-41(45)47-35-29-39(6)25-20-23-37(3)4/h36-39,43H,7-35H2,1-6H3. The Morgan fingerprint density at radius 2 is 0.830 bits per heavy atom. The number of rotatable bonds is 35. The number of hydrogen-bond donors (Lipinski definition) is 1. The van der Waals surface area contributed by atoms with Crippen LogP contribution in [-0.4, -0.2) is 61.4 Å². The fraction of sp³-hybridized carbons (Fsp3) is 0.951. The van der Waals surface area contributed by atoms with E-state index < -0.39 is 0 Å². The van der Waals surface area contributed by atoms with Crippen LogP contribution in [0.15, 0.2) is 0 Å². The van der Waals surface area contributed by atoms with Crippen LogP contribution in [0, 0.1) is 23.7 Å². The van der Waals surface area contributed by atoms with Gasteiger partial charge in [-0.3, -0.25) is 9.59 Å². The molecular weight excluding hydrogens is 586 g/mol. The van der Waals surface area contributed by atoms with Gasteiger partial charge in [-0.25, -0.2) is 0 Å². The molecule has 0 aromatic carbocycles.